The van der Waals surface area contributed by atoms with Gasteiger partial charge in [0.2, 0.25) is 0 Å². The number of hydrogen-bond donors (Lipinski definition) is 3. The molecule has 0 aliphatic carbocycles. The van der Waals surface area contributed by atoms with E-state index >= 15 is 0 Å². The van der Waals surface area contributed by atoms with Gasteiger partial charge in [-0.2, -0.15) is 0 Å². The van der Waals surface area contributed by atoms with Crippen LogP contribution in [-0.2, 0) is 14.8 Å². The van der Waals surface area contributed by atoms with Crippen molar-refractivity contribution in [1.82, 2.24) is 10.9 Å². The number of carbonyl (C=O) groups is 2. The van der Waals surface area contributed by atoms with Gasteiger partial charge >= 0.3 is 0 Å². The van der Waals surface area contributed by atoms with Gasteiger partial charge in [0.05, 0.1) is 18.6 Å². The number of benzene rings is 3. The Hall–Kier alpha value is -4.25. The zero-order valence-corrected chi connectivity index (χ0v) is 19.9. The first-order chi connectivity index (χ1) is 16.8. The van der Waals surface area contributed by atoms with Gasteiger partial charge in [-0.3, -0.25) is 25.2 Å². The molecule has 10 nitrogen and oxygen atoms in total. The van der Waals surface area contributed by atoms with Crippen LogP contribution < -0.4 is 29.8 Å². The van der Waals surface area contributed by atoms with E-state index in [0.717, 1.165) is 0 Å². The Balaban J connectivity index is 1.52. The predicted octanol–water partition coefficient (Wildman–Crippen LogP) is 2.73. The quantitative estimate of drug-likeness (QED) is 0.366. The maximum atomic E-state index is 12.6. The topological polar surface area (TPSA) is 132 Å². The van der Waals surface area contributed by atoms with E-state index in [9.17, 15) is 18.0 Å². The molecule has 0 bridgehead atoms. The van der Waals surface area contributed by atoms with Crippen molar-refractivity contribution in [2.24, 2.45) is 0 Å². The van der Waals surface area contributed by atoms with Crippen LogP contribution in [0.3, 0.4) is 0 Å². The minimum Gasteiger partial charge on any atom is -0.497 e. The van der Waals surface area contributed by atoms with Crippen LogP contribution in [0.4, 0.5) is 5.69 Å². The van der Waals surface area contributed by atoms with E-state index in [1.54, 1.807) is 48.5 Å². The standard InChI is InChI=1S/C24H25N3O7S/c1-3-33-21-6-4-5-7-22(21)34-16-23(28)25-26-24(29)17-8-14-20(15-9-17)35(30,31)27-18-10-12-19(32-2)13-11-18/h4-15,27H,3,16H2,1-2H3,(H,25,28)(H,26,29). The monoisotopic (exact) mass is 499 g/mol. The van der Waals surface area contributed by atoms with E-state index in [1.807, 2.05) is 6.92 Å². The molecule has 3 rings (SSSR count). The highest BCUT2D eigenvalue weighted by molar-refractivity contribution is 7.92. The molecule has 0 saturated carbocycles. The van der Waals surface area contributed by atoms with Crippen molar-refractivity contribution in [3.05, 3.63) is 78.4 Å². The number of rotatable bonds is 10. The van der Waals surface area contributed by atoms with Gasteiger partial charge in [-0.1, -0.05) is 12.1 Å². The molecule has 3 N–H and O–H groups in total. The van der Waals surface area contributed by atoms with Crippen LogP contribution in [0.5, 0.6) is 17.2 Å². The summed E-state index contributed by atoms with van der Waals surface area (Å²) in [7, 11) is -2.35. The fourth-order valence-electron chi connectivity index (χ4n) is 2.88. The van der Waals surface area contributed by atoms with E-state index in [2.05, 4.69) is 15.6 Å². The first-order valence-electron chi connectivity index (χ1n) is 10.5. The van der Waals surface area contributed by atoms with Crippen LogP contribution in [0, 0.1) is 0 Å². The Bertz CT molecular complexity index is 1260. The molecule has 0 spiro atoms. The number of nitrogens with one attached hydrogen (secondary N) is 3. The van der Waals surface area contributed by atoms with Crippen molar-refractivity contribution in [3.63, 3.8) is 0 Å². The molecule has 0 unspecified atom stereocenters. The van der Waals surface area contributed by atoms with Gasteiger partial charge in [-0.25, -0.2) is 8.42 Å². The van der Waals surface area contributed by atoms with Gasteiger partial charge in [0.25, 0.3) is 21.8 Å². The highest BCUT2D eigenvalue weighted by atomic mass is 32.2. The van der Waals surface area contributed by atoms with E-state index in [-0.39, 0.29) is 17.1 Å². The number of para-hydroxylation sites is 2. The van der Waals surface area contributed by atoms with Gasteiger partial charge < -0.3 is 14.2 Å². The van der Waals surface area contributed by atoms with Crippen molar-refractivity contribution in [1.29, 1.82) is 0 Å². The Morgan fingerprint density at radius 1 is 0.829 bits per heavy atom. The normalized spacial score (nSPS) is 10.7. The van der Waals surface area contributed by atoms with E-state index < -0.39 is 21.8 Å². The molecular weight excluding hydrogens is 474 g/mol. The zero-order chi connectivity index (χ0) is 25.3. The summed E-state index contributed by atoms with van der Waals surface area (Å²) in [6, 6.07) is 18.5. The SMILES string of the molecule is CCOc1ccccc1OCC(=O)NNC(=O)c1ccc(S(=O)(=O)Nc2ccc(OC)cc2)cc1. The lowest BCUT2D eigenvalue weighted by molar-refractivity contribution is -0.123. The summed E-state index contributed by atoms with van der Waals surface area (Å²) < 4.78 is 43.5. The van der Waals surface area contributed by atoms with Crippen molar-refractivity contribution < 1.29 is 32.2 Å². The van der Waals surface area contributed by atoms with Gasteiger partial charge in [-0.15, -0.1) is 0 Å². The van der Waals surface area contributed by atoms with Gasteiger partial charge in [0.1, 0.15) is 5.75 Å². The van der Waals surface area contributed by atoms with Crippen LogP contribution in [-0.4, -0.2) is 40.6 Å². The van der Waals surface area contributed by atoms with E-state index in [0.29, 0.717) is 29.5 Å². The predicted molar refractivity (Wildman–Crippen MR) is 129 cm³/mol. The molecule has 0 aliphatic rings. The molecule has 0 fully saturated rings. The first kappa shape index (κ1) is 25.4. The number of sulfonamides is 1. The summed E-state index contributed by atoms with van der Waals surface area (Å²) in [6.45, 7) is 1.93. The zero-order valence-electron chi connectivity index (χ0n) is 19.1. The van der Waals surface area contributed by atoms with Crippen LogP contribution in [0.15, 0.2) is 77.7 Å². The smallest absolute Gasteiger partial charge is 0.276 e. The summed E-state index contributed by atoms with van der Waals surface area (Å²) in [5.41, 5.74) is 5.01. The van der Waals surface area contributed by atoms with Crippen LogP contribution in [0.2, 0.25) is 0 Å². The van der Waals surface area contributed by atoms with Crippen LogP contribution in [0.1, 0.15) is 17.3 Å². The Kier molecular flexibility index (Phi) is 8.52. The van der Waals surface area contributed by atoms with Gasteiger partial charge in [0, 0.05) is 11.3 Å². The summed E-state index contributed by atoms with van der Waals surface area (Å²) in [4.78, 5) is 24.3. The van der Waals surface area contributed by atoms with E-state index in [1.165, 1.54) is 31.4 Å². The summed E-state index contributed by atoms with van der Waals surface area (Å²) in [5.74, 6) is 0.282. The molecule has 35 heavy (non-hydrogen) atoms. The third kappa shape index (κ3) is 7.11. The average molecular weight is 500 g/mol. The fourth-order valence-corrected chi connectivity index (χ4v) is 3.94. The second kappa shape index (κ2) is 11.7. The molecule has 0 heterocycles. The fraction of sp³-hybridized carbons (Fsp3) is 0.167. The lowest BCUT2D eigenvalue weighted by atomic mass is 10.2. The number of anilines is 1. The molecule has 11 heteroatoms. The molecule has 3 aromatic rings. The van der Waals surface area contributed by atoms with Gasteiger partial charge in [0.15, 0.2) is 18.1 Å². The number of hydrazine groups is 1. The number of hydrogen-bond acceptors (Lipinski definition) is 7. The Morgan fingerprint density at radius 3 is 2.06 bits per heavy atom. The second-order valence-corrected chi connectivity index (χ2v) is 8.71. The highest BCUT2D eigenvalue weighted by Crippen LogP contribution is 2.26. The third-order valence-electron chi connectivity index (χ3n) is 4.59. The van der Waals surface area contributed by atoms with Gasteiger partial charge in [-0.05, 0) is 67.6 Å². The largest absolute Gasteiger partial charge is 0.497 e. The molecule has 3 aromatic carbocycles. The van der Waals surface area contributed by atoms with E-state index in [4.69, 9.17) is 14.2 Å². The molecule has 0 aromatic heterocycles. The van der Waals surface area contributed by atoms with Crippen molar-refractivity contribution >= 4 is 27.5 Å². The molecule has 0 aliphatic heterocycles. The number of ether oxygens (including phenoxy) is 3. The summed E-state index contributed by atoms with van der Waals surface area (Å²) in [6.07, 6.45) is 0. The highest BCUT2D eigenvalue weighted by Gasteiger charge is 2.16. The summed E-state index contributed by atoms with van der Waals surface area (Å²) in [5, 5.41) is 0. The molecule has 2 amide bonds. The maximum Gasteiger partial charge on any atom is 0.276 e. The molecule has 0 atom stereocenters. The minimum atomic E-state index is -3.86. The number of amides is 2. The number of carbonyl (C=O) groups excluding carboxylic acids is 2. The lowest BCUT2D eigenvalue weighted by Gasteiger charge is -2.12. The molecule has 184 valence electrons. The Morgan fingerprint density at radius 2 is 1.46 bits per heavy atom. The minimum absolute atomic E-state index is 0.0322. The lowest BCUT2D eigenvalue weighted by Crippen LogP contribution is -2.43. The van der Waals surface area contributed by atoms with Crippen molar-refractivity contribution in [2.45, 2.75) is 11.8 Å². The Labute approximate surface area is 203 Å². The molecule has 0 radical (unpaired) electrons. The second-order valence-electron chi connectivity index (χ2n) is 7.03. The number of methoxy groups -OCH3 is 1. The molecule has 0 saturated heterocycles. The van der Waals surface area contributed by atoms with Crippen molar-refractivity contribution in [2.75, 3.05) is 25.0 Å². The average Bonchev–Trinajstić information content (AvgIpc) is 2.87. The third-order valence-corrected chi connectivity index (χ3v) is 5.99. The van der Waals surface area contributed by atoms with Crippen LogP contribution in [0.25, 0.3) is 0 Å². The first-order valence-corrected chi connectivity index (χ1v) is 12.0. The maximum absolute atomic E-state index is 12.6. The van der Waals surface area contributed by atoms with Crippen molar-refractivity contribution in [3.8, 4) is 17.2 Å². The summed E-state index contributed by atoms with van der Waals surface area (Å²) >= 11 is 0. The van der Waals surface area contributed by atoms with Crippen LogP contribution >= 0.6 is 0 Å². The molecular formula is C24H25N3O7S.